The molecule has 0 aromatic heterocycles. The molecule has 0 heterocycles. The second-order valence-electron chi connectivity index (χ2n) is 3.35. The summed E-state index contributed by atoms with van der Waals surface area (Å²) >= 11 is 0. The van der Waals surface area contributed by atoms with Gasteiger partial charge in [0.25, 0.3) is 0 Å². The molecule has 0 spiro atoms. The Bertz CT molecular complexity index is 156. The summed E-state index contributed by atoms with van der Waals surface area (Å²) in [6.07, 6.45) is 4.09. The summed E-state index contributed by atoms with van der Waals surface area (Å²) in [5.74, 6) is -0.291. The second kappa shape index (κ2) is 4.45. The molecular formula is C9H16O3. The normalized spacial score (nSPS) is 30.8. The molecule has 0 amide bonds. The summed E-state index contributed by atoms with van der Waals surface area (Å²) in [5, 5.41) is 9.52. The van der Waals surface area contributed by atoms with Crippen molar-refractivity contribution in [2.45, 2.75) is 51.2 Å². The van der Waals surface area contributed by atoms with E-state index in [-0.39, 0.29) is 12.1 Å². The summed E-state index contributed by atoms with van der Waals surface area (Å²) in [7, 11) is 0. The van der Waals surface area contributed by atoms with Crippen molar-refractivity contribution >= 4 is 5.97 Å². The van der Waals surface area contributed by atoms with Crippen molar-refractivity contribution in [2.75, 3.05) is 0 Å². The molecule has 3 nitrogen and oxygen atoms in total. The monoisotopic (exact) mass is 172 g/mol. The quantitative estimate of drug-likeness (QED) is 0.478. The maximum Gasteiger partial charge on any atom is 0.302 e. The van der Waals surface area contributed by atoms with Crippen LogP contribution in [0, 0.1) is 0 Å². The molecule has 0 saturated heterocycles. The summed E-state index contributed by atoms with van der Waals surface area (Å²) in [6, 6.07) is 0. The number of rotatable bonds is 1. The zero-order chi connectivity index (χ0) is 8.97. The molecule has 0 unspecified atom stereocenters. The molecule has 2 atom stereocenters. The Balaban J connectivity index is 2.41. The van der Waals surface area contributed by atoms with E-state index in [9.17, 15) is 9.90 Å². The van der Waals surface area contributed by atoms with Gasteiger partial charge >= 0.3 is 5.97 Å². The van der Waals surface area contributed by atoms with Crippen molar-refractivity contribution in [3.63, 3.8) is 0 Å². The van der Waals surface area contributed by atoms with Gasteiger partial charge in [0.05, 0.1) is 6.10 Å². The Morgan fingerprint density at radius 3 is 2.67 bits per heavy atom. The summed E-state index contributed by atoms with van der Waals surface area (Å²) in [6.45, 7) is 1.39. The molecule has 0 aromatic carbocycles. The van der Waals surface area contributed by atoms with Crippen molar-refractivity contribution in [3.05, 3.63) is 0 Å². The van der Waals surface area contributed by atoms with E-state index in [0.717, 1.165) is 32.1 Å². The van der Waals surface area contributed by atoms with Gasteiger partial charge in [-0.05, 0) is 19.3 Å². The molecule has 3 heteroatoms. The van der Waals surface area contributed by atoms with Gasteiger partial charge in [0.15, 0.2) is 0 Å². The maximum absolute atomic E-state index is 10.6. The lowest BCUT2D eigenvalue weighted by molar-refractivity contribution is -0.152. The first kappa shape index (κ1) is 9.52. The molecule has 1 aliphatic carbocycles. The summed E-state index contributed by atoms with van der Waals surface area (Å²) in [5.41, 5.74) is 0. The van der Waals surface area contributed by atoms with E-state index in [1.807, 2.05) is 0 Å². The van der Waals surface area contributed by atoms with E-state index >= 15 is 0 Å². The van der Waals surface area contributed by atoms with Crippen LogP contribution in [0.15, 0.2) is 0 Å². The second-order valence-corrected chi connectivity index (χ2v) is 3.35. The number of esters is 1. The van der Waals surface area contributed by atoms with Crippen LogP contribution in [0.3, 0.4) is 0 Å². The van der Waals surface area contributed by atoms with Crippen LogP contribution in [0.2, 0.25) is 0 Å². The molecular weight excluding hydrogens is 156 g/mol. The summed E-state index contributed by atoms with van der Waals surface area (Å²) < 4.78 is 4.99. The molecule has 12 heavy (non-hydrogen) atoms. The molecule has 1 N–H and O–H groups in total. The fraction of sp³-hybridized carbons (Fsp3) is 0.889. The largest absolute Gasteiger partial charge is 0.460 e. The van der Waals surface area contributed by atoms with Crippen LogP contribution in [0.4, 0.5) is 0 Å². The van der Waals surface area contributed by atoms with Crippen LogP contribution in [-0.2, 0) is 9.53 Å². The van der Waals surface area contributed by atoms with Gasteiger partial charge in [-0.3, -0.25) is 4.79 Å². The SMILES string of the molecule is CC(=O)O[C@@H]1CCCCC[C@H]1O. The minimum absolute atomic E-state index is 0.259. The summed E-state index contributed by atoms with van der Waals surface area (Å²) in [4.78, 5) is 10.6. The minimum atomic E-state index is -0.448. The first-order chi connectivity index (χ1) is 5.70. The lowest BCUT2D eigenvalue weighted by atomic mass is 10.1. The number of ether oxygens (including phenoxy) is 1. The van der Waals surface area contributed by atoms with Gasteiger partial charge in [0, 0.05) is 6.92 Å². The van der Waals surface area contributed by atoms with Crippen LogP contribution >= 0.6 is 0 Å². The van der Waals surface area contributed by atoms with Crippen LogP contribution < -0.4 is 0 Å². The van der Waals surface area contributed by atoms with E-state index in [0.29, 0.717) is 0 Å². The van der Waals surface area contributed by atoms with Gasteiger partial charge in [-0.2, -0.15) is 0 Å². The highest BCUT2D eigenvalue weighted by Gasteiger charge is 2.23. The van der Waals surface area contributed by atoms with E-state index in [1.54, 1.807) is 0 Å². The Kier molecular flexibility index (Phi) is 3.53. The number of hydrogen-bond acceptors (Lipinski definition) is 3. The van der Waals surface area contributed by atoms with Crippen LogP contribution in [-0.4, -0.2) is 23.3 Å². The lowest BCUT2D eigenvalue weighted by Crippen LogP contribution is -2.29. The van der Waals surface area contributed by atoms with Crippen molar-refractivity contribution in [1.82, 2.24) is 0 Å². The van der Waals surface area contributed by atoms with Crippen LogP contribution in [0.25, 0.3) is 0 Å². The number of aliphatic hydroxyl groups is 1. The van der Waals surface area contributed by atoms with E-state index < -0.39 is 6.10 Å². The Hall–Kier alpha value is -0.570. The van der Waals surface area contributed by atoms with Crippen molar-refractivity contribution < 1.29 is 14.6 Å². The third-order valence-corrected chi connectivity index (χ3v) is 2.24. The average molecular weight is 172 g/mol. The third kappa shape index (κ3) is 2.81. The first-order valence-electron chi connectivity index (χ1n) is 4.55. The number of carbonyl (C=O) groups excluding carboxylic acids is 1. The molecule has 0 radical (unpaired) electrons. The third-order valence-electron chi connectivity index (χ3n) is 2.24. The first-order valence-corrected chi connectivity index (χ1v) is 4.55. The van der Waals surface area contributed by atoms with Gasteiger partial charge in [-0.1, -0.05) is 12.8 Å². The van der Waals surface area contributed by atoms with Crippen molar-refractivity contribution in [2.24, 2.45) is 0 Å². The predicted molar refractivity (Wildman–Crippen MR) is 44.6 cm³/mol. The lowest BCUT2D eigenvalue weighted by Gasteiger charge is -2.19. The smallest absolute Gasteiger partial charge is 0.302 e. The van der Waals surface area contributed by atoms with Gasteiger partial charge in [0.1, 0.15) is 6.10 Å². The van der Waals surface area contributed by atoms with Crippen molar-refractivity contribution in [3.8, 4) is 0 Å². The average Bonchev–Trinajstić information content (AvgIpc) is 2.16. The molecule has 0 aliphatic heterocycles. The molecule has 0 aromatic rings. The number of aliphatic hydroxyl groups excluding tert-OH is 1. The Labute approximate surface area is 72.7 Å². The molecule has 70 valence electrons. The van der Waals surface area contributed by atoms with Crippen LogP contribution in [0.5, 0.6) is 0 Å². The highest BCUT2D eigenvalue weighted by atomic mass is 16.6. The van der Waals surface area contributed by atoms with Gasteiger partial charge < -0.3 is 9.84 Å². The fourth-order valence-corrected chi connectivity index (χ4v) is 1.60. The van der Waals surface area contributed by atoms with E-state index in [1.165, 1.54) is 6.92 Å². The highest BCUT2D eigenvalue weighted by molar-refractivity contribution is 5.66. The van der Waals surface area contributed by atoms with Gasteiger partial charge in [-0.25, -0.2) is 0 Å². The van der Waals surface area contributed by atoms with Crippen LogP contribution in [0.1, 0.15) is 39.0 Å². The topological polar surface area (TPSA) is 46.5 Å². The minimum Gasteiger partial charge on any atom is -0.460 e. The standard InChI is InChI=1S/C9H16O3/c1-7(10)12-9-6-4-2-3-5-8(9)11/h8-9,11H,2-6H2,1H3/t8-,9-/m1/s1. The molecule has 1 saturated carbocycles. The van der Waals surface area contributed by atoms with Gasteiger partial charge in [-0.15, -0.1) is 0 Å². The number of hydrogen-bond donors (Lipinski definition) is 1. The van der Waals surface area contributed by atoms with Gasteiger partial charge in [0.2, 0.25) is 0 Å². The maximum atomic E-state index is 10.6. The van der Waals surface area contributed by atoms with Crippen molar-refractivity contribution in [1.29, 1.82) is 0 Å². The highest BCUT2D eigenvalue weighted by Crippen LogP contribution is 2.20. The zero-order valence-electron chi connectivity index (χ0n) is 7.45. The molecule has 0 bridgehead atoms. The Morgan fingerprint density at radius 2 is 2.00 bits per heavy atom. The van der Waals surface area contributed by atoms with E-state index in [4.69, 9.17) is 4.74 Å². The predicted octanol–water partition coefficient (Wildman–Crippen LogP) is 1.24. The molecule has 1 fully saturated rings. The number of carbonyl (C=O) groups is 1. The molecule has 1 rings (SSSR count). The van der Waals surface area contributed by atoms with E-state index in [2.05, 4.69) is 0 Å². The fourth-order valence-electron chi connectivity index (χ4n) is 1.60. The Morgan fingerprint density at radius 1 is 1.33 bits per heavy atom. The molecule has 1 aliphatic rings. The zero-order valence-corrected chi connectivity index (χ0v) is 7.45.